The fourth-order valence-corrected chi connectivity index (χ4v) is 5.60. The lowest BCUT2D eigenvalue weighted by Crippen LogP contribution is -2.51. The average Bonchev–Trinajstić information content (AvgIpc) is 2.19. The summed E-state index contributed by atoms with van der Waals surface area (Å²) in [4.78, 5) is 0. The van der Waals surface area contributed by atoms with Gasteiger partial charge in [0.2, 0.25) is 0 Å². The van der Waals surface area contributed by atoms with E-state index in [0.29, 0.717) is 31.3 Å². The van der Waals surface area contributed by atoms with E-state index in [1.54, 1.807) is 0 Å². The Labute approximate surface area is 102 Å². The largest absolute Gasteiger partial charge is 0.504 e. The zero-order valence-electron chi connectivity index (χ0n) is 11.7. The lowest BCUT2D eigenvalue weighted by atomic mass is 10.1. The van der Waals surface area contributed by atoms with E-state index in [1.165, 1.54) is 0 Å². The van der Waals surface area contributed by atoms with Gasteiger partial charge in [0.25, 0.3) is 0 Å². The quantitative estimate of drug-likeness (QED) is 0.585. The van der Waals surface area contributed by atoms with Crippen LogP contribution < -0.4 is 0 Å². The number of rotatable bonds is 9. The standard InChI is InChI=1S/C12H28O3Si/c1-7-12(11(5)6)16(13-8-2,14-9-3)15-10-4/h11-12H,7-10H2,1-6H3. The van der Waals surface area contributed by atoms with Gasteiger partial charge in [0.1, 0.15) is 0 Å². The van der Waals surface area contributed by atoms with E-state index in [-0.39, 0.29) is 0 Å². The Morgan fingerprint density at radius 2 is 1.19 bits per heavy atom. The molecule has 0 aromatic rings. The van der Waals surface area contributed by atoms with Crippen LogP contribution in [0, 0.1) is 5.92 Å². The van der Waals surface area contributed by atoms with Gasteiger partial charge < -0.3 is 13.3 Å². The number of hydrogen-bond acceptors (Lipinski definition) is 3. The van der Waals surface area contributed by atoms with Crippen LogP contribution in [0.2, 0.25) is 5.54 Å². The van der Waals surface area contributed by atoms with Gasteiger partial charge in [0.15, 0.2) is 0 Å². The Balaban J connectivity index is 4.93. The van der Waals surface area contributed by atoms with Crippen molar-refractivity contribution in [2.24, 2.45) is 5.92 Å². The minimum Gasteiger partial charge on any atom is -0.374 e. The highest BCUT2D eigenvalue weighted by molar-refractivity contribution is 6.62. The Morgan fingerprint density at radius 1 is 0.812 bits per heavy atom. The molecule has 0 saturated carbocycles. The molecule has 0 saturated heterocycles. The van der Waals surface area contributed by atoms with Gasteiger partial charge in [-0.05, 0) is 33.1 Å². The van der Waals surface area contributed by atoms with Crippen LogP contribution in [0.4, 0.5) is 0 Å². The first-order chi connectivity index (χ1) is 7.57. The van der Waals surface area contributed by atoms with E-state index >= 15 is 0 Å². The molecule has 0 N–H and O–H groups in total. The van der Waals surface area contributed by atoms with Crippen LogP contribution in [-0.2, 0) is 13.3 Å². The summed E-state index contributed by atoms with van der Waals surface area (Å²) in [5.41, 5.74) is 0.396. The highest BCUT2D eigenvalue weighted by Crippen LogP contribution is 2.35. The fourth-order valence-electron chi connectivity index (χ4n) is 2.18. The maximum Gasteiger partial charge on any atom is 0.504 e. The maximum atomic E-state index is 5.92. The minimum absolute atomic E-state index is 0.396. The Hall–Kier alpha value is 0.0969. The Morgan fingerprint density at radius 3 is 1.38 bits per heavy atom. The predicted molar refractivity (Wildman–Crippen MR) is 69.5 cm³/mol. The van der Waals surface area contributed by atoms with Crippen molar-refractivity contribution in [2.75, 3.05) is 19.8 Å². The summed E-state index contributed by atoms with van der Waals surface area (Å²) < 4.78 is 17.8. The highest BCUT2D eigenvalue weighted by Gasteiger charge is 2.49. The molecule has 0 aliphatic rings. The molecule has 0 aliphatic carbocycles. The first-order valence-electron chi connectivity index (χ1n) is 6.49. The zero-order valence-corrected chi connectivity index (χ0v) is 12.7. The smallest absolute Gasteiger partial charge is 0.374 e. The van der Waals surface area contributed by atoms with Crippen LogP contribution in [-0.4, -0.2) is 28.6 Å². The van der Waals surface area contributed by atoms with Crippen molar-refractivity contribution in [1.29, 1.82) is 0 Å². The van der Waals surface area contributed by atoms with Crippen LogP contribution in [0.3, 0.4) is 0 Å². The second-order valence-corrected chi connectivity index (χ2v) is 6.98. The molecule has 0 bridgehead atoms. The van der Waals surface area contributed by atoms with Crippen LogP contribution >= 0.6 is 0 Å². The molecular formula is C12H28O3Si. The van der Waals surface area contributed by atoms with Gasteiger partial charge in [-0.15, -0.1) is 0 Å². The van der Waals surface area contributed by atoms with Gasteiger partial charge in [-0.25, -0.2) is 0 Å². The van der Waals surface area contributed by atoms with Crippen molar-refractivity contribution in [1.82, 2.24) is 0 Å². The van der Waals surface area contributed by atoms with Gasteiger partial charge in [-0.1, -0.05) is 20.8 Å². The third-order valence-electron chi connectivity index (χ3n) is 2.74. The molecule has 16 heavy (non-hydrogen) atoms. The van der Waals surface area contributed by atoms with Crippen molar-refractivity contribution in [2.45, 2.75) is 53.5 Å². The van der Waals surface area contributed by atoms with Gasteiger partial charge >= 0.3 is 8.80 Å². The molecule has 0 aromatic heterocycles. The third-order valence-corrected chi connectivity index (χ3v) is 6.79. The number of hydrogen-bond donors (Lipinski definition) is 0. The molecule has 1 atom stereocenters. The summed E-state index contributed by atoms with van der Waals surface area (Å²) in [5.74, 6) is 0.529. The van der Waals surface area contributed by atoms with E-state index in [4.69, 9.17) is 13.3 Å². The van der Waals surface area contributed by atoms with Crippen LogP contribution in [0.5, 0.6) is 0 Å². The average molecular weight is 248 g/mol. The lowest BCUT2D eigenvalue weighted by molar-refractivity contribution is 0.0548. The second kappa shape index (κ2) is 8.23. The molecule has 3 nitrogen and oxygen atoms in total. The topological polar surface area (TPSA) is 27.7 Å². The Kier molecular flexibility index (Phi) is 8.28. The van der Waals surface area contributed by atoms with Crippen molar-refractivity contribution in [3.63, 3.8) is 0 Å². The summed E-state index contributed by atoms with van der Waals surface area (Å²) in [5, 5.41) is 0. The molecule has 0 spiro atoms. The summed E-state index contributed by atoms with van der Waals surface area (Å²) in [6, 6.07) is 0. The van der Waals surface area contributed by atoms with Crippen molar-refractivity contribution < 1.29 is 13.3 Å². The minimum atomic E-state index is -2.49. The molecule has 0 rings (SSSR count). The second-order valence-electron chi connectivity index (χ2n) is 4.16. The van der Waals surface area contributed by atoms with Gasteiger partial charge in [-0.3, -0.25) is 0 Å². The fraction of sp³-hybridized carbons (Fsp3) is 1.00. The summed E-state index contributed by atoms with van der Waals surface area (Å²) in [6.07, 6.45) is 1.05. The van der Waals surface area contributed by atoms with E-state index < -0.39 is 8.80 Å². The van der Waals surface area contributed by atoms with Gasteiger partial charge in [0.05, 0.1) is 0 Å². The predicted octanol–water partition coefficient (Wildman–Crippen LogP) is 3.47. The highest BCUT2D eigenvalue weighted by atomic mass is 28.4. The van der Waals surface area contributed by atoms with E-state index in [1.807, 2.05) is 20.8 Å². The lowest BCUT2D eigenvalue weighted by Gasteiger charge is -2.36. The first-order valence-corrected chi connectivity index (χ1v) is 8.29. The monoisotopic (exact) mass is 248 g/mol. The van der Waals surface area contributed by atoms with Gasteiger partial charge in [-0.2, -0.15) is 0 Å². The Bertz CT molecular complexity index is 157. The zero-order chi connectivity index (χ0) is 12.6. The molecule has 0 radical (unpaired) electrons. The third kappa shape index (κ3) is 4.16. The molecule has 0 amide bonds. The van der Waals surface area contributed by atoms with E-state index in [2.05, 4.69) is 20.8 Å². The first kappa shape index (κ1) is 16.1. The maximum absolute atomic E-state index is 5.92. The van der Waals surface area contributed by atoms with Crippen molar-refractivity contribution in [3.8, 4) is 0 Å². The van der Waals surface area contributed by atoms with E-state index in [9.17, 15) is 0 Å². The molecule has 98 valence electrons. The summed E-state index contributed by atoms with van der Waals surface area (Å²) in [7, 11) is -2.49. The van der Waals surface area contributed by atoms with Gasteiger partial charge in [0, 0.05) is 25.4 Å². The molecule has 0 aliphatic heterocycles. The van der Waals surface area contributed by atoms with Crippen molar-refractivity contribution >= 4 is 8.80 Å². The molecule has 0 heterocycles. The normalized spacial score (nSPS) is 14.4. The SMILES string of the molecule is CCO[Si](OCC)(OCC)C(CC)C(C)C. The van der Waals surface area contributed by atoms with Crippen LogP contribution in [0.25, 0.3) is 0 Å². The van der Waals surface area contributed by atoms with E-state index in [0.717, 1.165) is 6.42 Å². The molecular weight excluding hydrogens is 220 g/mol. The summed E-state index contributed by atoms with van der Waals surface area (Å²) in [6.45, 7) is 14.6. The molecule has 4 heteroatoms. The molecule has 0 aromatic carbocycles. The van der Waals surface area contributed by atoms with Crippen molar-refractivity contribution in [3.05, 3.63) is 0 Å². The molecule has 0 fully saturated rings. The van der Waals surface area contributed by atoms with Crippen LogP contribution in [0.15, 0.2) is 0 Å². The summed E-state index contributed by atoms with van der Waals surface area (Å²) >= 11 is 0. The molecule has 1 unspecified atom stereocenters. The van der Waals surface area contributed by atoms with Crippen LogP contribution in [0.1, 0.15) is 48.0 Å².